The molecular weight excluding hydrogens is 212 g/mol. The molecule has 0 saturated heterocycles. The number of rotatable bonds is 2. The van der Waals surface area contributed by atoms with Gasteiger partial charge in [-0.1, -0.05) is 6.07 Å². The number of nitrogens with zero attached hydrogens (tertiary/aromatic N) is 2. The number of aromatic amines is 1. The van der Waals surface area contributed by atoms with E-state index in [0.717, 1.165) is 22.3 Å². The lowest BCUT2D eigenvalue weighted by molar-refractivity contribution is 0.559. The predicted molar refractivity (Wildman–Crippen MR) is 68.8 cm³/mol. The molecule has 0 bridgehead atoms. The first kappa shape index (κ1) is 9.96. The Morgan fingerprint density at radius 3 is 2.88 bits per heavy atom. The molecule has 1 unspecified atom stereocenters. The first-order chi connectivity index (χ1) is 8.25. The molecule has 3 rings (SSSR count). The molecule has 4 nitrogen and oxygen atoms in total. The van der Waals surface area contributed by atoms with Gasteiger partial charge < -0.3 is 10.7 Å². The molecule has 0 aliphatic carbocycles. The van der Waals surface area contributed by atoms with Crippen LogP contribution in [0.15, 0.2) is 42.7 Å². The number of hydrogen-bond donors (Lipinski definition) is 2. The molecule has 86 valence electrons. The molecular formula is C13H14N4. The molecule has 0 amide bonds. The Bertz CT molecular complexity index is 637. The second-order valence-corrected chi connectivity index (χ2v) is 4.19. The van der Waals surface area contributed by atoms with Crippen LogP contribution in [0.5, 0.6) is 0 Å². The molecule has 1 aromatic carbocycles. The van der Waals surface area contributed by atoms with Crippen molar-refractivity contribution < 1.29 is 0 Å². The van der Waals surface area contributed by atoms with Gasteiger partial charge in [0.25, 0.3) is 0 Å². The fraction of sp³-hybridized carbons (Fsp3) is 0.154. The number of nitrogen functional groups attached to an aromatic ring is 1. The Morgan fingerprint density at radius 1 is 1.29 bits per heavy atom. The van der Waals surface area contributed by atoms with Crippen LogP contribution in [-0.2, 0) is 0 Å². The van der Waals surface area contributed by atoms with E-state index in [2.05, 4.69) is 23.1 Å². The van der Waals surface area contributed by atoms with Crippen LogP contribution < -0.4 is 5.73 Å². The van der Waals surface area contributed by atoms with Gasteiger partial charge in [0.1, 0.15) is 0 Å². The molecule has 4 heteroatoms. The van der Waals surface area contributed by atoms with Gasteiger partial charge in [0, 0.05) is 29.2 Å². The van der Waals surface area contributed by atoms with Crippen LogP contribution in [0.2, 0.25) is 0 Å². The van der Waals surface area contributed by atoms with Crippen molar-refractivity contribution in [2.24, 2.45) is 0 Å². The summed E-state index contributed by atoms with van der Waals surface area (Å²) in [5.74, 6) is 0. The fourth-order valence-electron chi connectivity index (χ4n) is 2.03. The van der Waals surface area contributed by atoms with Gasteiger partial charge in [0.05, 0.1) is 11.6 Å². The highest BCUT2D eigenvalue weighted by molar-refractivity contribution is 5.89. The quantitative estimate of drug-likeness (QED) is 0.660. The molecule has 2 aromatic heterocycles. The van der Waals surface area contributed by atoms with Crippen molar-refractivity contribution in [2.75, 3.05) is 5.73 Å². The predicted octanol–water partition coefficient (Wildman–Crippen LogP) is 2.56. The minimum absolute atomic E-state index is 0.178. The molecule has 3 aromatic rings. The molecule has 0 radical (unpaired) electrons. The largest absolute Gasteiger partial charge is 0.398 e. The summed E-state index contributed by atoms with van der Waals surface area (Å²) >= 11 is 0. The molecule has 0 saturated carbocycles. The summed E-state index contributed by atoms with van der Waals surface area (Å²) in [5, 5.41) is 5.55. The maximum absolute atomic E-state index is 5.93. The number of aromatic nitrogens is 3. The molecule has 1 atom stereocenters. The molecule has 0 aliphatic heterocycles. The number of anilines is 1. The van der Waals surface area contributed by atoms with Gasteiger partial charge in [0.2, 0.25) is 0 Å². The van der Waals surface area contributed by atoms with Gasteiger partial charge in [-0.25, -0.2) is 0 Å². The molecule has 0 fully saturated rings. The minimum Gasteiger partial charge on any atom is -0.398 e. The monoisotopic (exact) mass is 226 g/mol. The first-order valence-corrected chi connectivity index (χ1v) is 5.62. The van der Waals surface area contributed by atoms with Crippen molar-refractivity contribution in [3.63, 3.8) is 0 Å². The minimum atomic E-state index is 0.178. The highest BCUT2D eigenvalue weighted by Crippen LogP contribution is 2.23. The Balaban J connectivity index is 2.10. The number of fused-ring (bicyclic) bond motifs is 1. The zero-order chi connectivity index (χ0) is 11.8. The van der Waals surface area contributed by atoms with Crippen molar-refractivity contribution in [1.82, 2.24) is 14.8 Å². The van der Waals surface area contributed by atoms with Crippen LogP contribution in [0.1, 0.15) is 18.7 Å². The van der Waals surface area contributed by atoms with Crippen molar-refractivity contribution in [3.8, 4) is 0 Å². The van der Waals surface area contributed by atoms with E-state index in [-0.39, 0.29) is 6.04 Å². The number of nitrogens with two attached hydrogens (primary N) is 1. The third-order valence-electron chi connectivity index (χ3n) is 3.07. The summed E-state index contributed by atoms with van der Waals surface area (Å²) in [6.07, 6.45) is 3.92. The summed E-state index contributed by atoms with van der Waals surface area (Å²) in [6.45, 7) is 2.11. The lowest BCUT2D eigenvalue weighted by Gasteiger charge is -2.09. The summed E-state index contributed by atoms with van der Waals surface area (Å²) < 4.78 is 1.94. The Kier molecular flexibility index (Phi) is 2.14. The topological polar surface area (TPSA) is 59.6 Å². The van der Waals surface area contributed by atoms with Crippen LogP contribution in [0.25, 0.3) is 10.9 Å². The van der Waals surface area contributed by atoms with Gasteiger partial charge >= 0.3 is 0 Å². The van der Waals surface area contributed by atoms with Crippen molar-refractivity contribution in [1.29, 1.82) is 0 Å². The second-order valence-electron chi connectivity index (χ2n) is 4.19. The lowest BCUT2D eigenvalue weighted by atomic mass is 10.2. The van der Waals surface area contributed by atoms with E-state index < -0.39 is 0 Å². The van der Waals surface area contributed by atoms with Gasteiger partial charge in [-0.05, 0) is 31.2 Å². The average molecular weight is 226 g/mol. The summed E-state index contributed by atoms with van der Waals surface area (Å²) in [7, 11) is 0. The number of benzene rings is 1. The molecule has 2 heterocycles. The second kappa shape index (κ2) is 3.66. The van der Waals surface area contributed by atoms with E-state index in [1.807, 2.05) is 41.3 Å². The summed E-state index contributed by atoms with van der Waals surface area (Å²) in [5.41, 5.74) is 8.77. The van der Waals surface area contributed by atoms with Crippen LogP contribution in [0, 0.1) is 0 Å². The zero-order valence-electron chi connectivity index (χ0n) is 9.59. The maximum atomic E-state index is 5.93. The molecule has 3 N–H and O–H groups in total. The Labute approximate surface area is 99.1 Å². The highest BCUT2D eigenvalue weighted by atomic mass is 15.3. The van der Waals surface area contributed by atoms with E-state index in [0.29, 0.717) is 0 Å². The maximum Gasteiger partial charge on any atom is 0.0944 e. The number of nitrogens with one attached hydrogen (secondary N) is 1. The van der Waals surface area contributed by atoms with E-state index in [9.17, 15) is 0 Å². The molecule has 17 heavy (non-hydrogen) atoms. The fourth-order valence-corrected chi connectivity index (χ4v) is 2.03. The van der Waals surface area contributed by atoms with Gasteiger partial charge in [0.15, 0.2) is 0 Å². The third kappa shape index (κ3) is 1.58. The van der Waals surface area contributed by atoms with E-state index >= 15 is 0 Å². The SMILES string of the molecule is CC(c1ccc[nH]1)n1cc2c(N)cccc2n1. The van der Waals surface area contributed by atoms with E-state index in [4.69, 9.17) is 5.73 Å². The number of hydrogen-bond acceptors (Lipinski definition) is 2. The van der Waals surface area contributed by atoms with Crippen LogP contribution in [0.3, 0.4) is 0 Å². The van der Waals surface area contributed by atoms with Gasteiger partial charge in [-0.3, -0.25) is 4.68 Å². The normalized spacial score (nSPS) is 13.0. The smallest absolute Gasteiger partial charge is 0.0944 e. The van der Waals surface area contributed by atoms with Crippen LogP contribution in [-0.4, -0.2) is 14.8 Å². The van der Waals surface area contributed by atoms with Gasteiger partial charge in [-0.2, -0.15) is 5.10 Å². The number of H-pyrrole nitrogens is 1. The summed E-state index contributed by atoms with van der Waals surface area (Å²) in [4.78, 5) is 3.20. The highest BCUT2D eigenvalue weighted by Gasteiger charge is 2.11. The Hall–Kier alpha value is -2.23. The van der Waals surface area contributed by atoms with E-state index in [1.165, 1.54) is 0 Å². The molecule has 0 spiro atoms. The zero-order valence-corrected chi connectivity index (χ0v) is 9.59. The third-order valence-corrected chi connectivity index (χ3v) is 3.07. The lowest BCUT2D eigenvalue weighted by Crippen LogP contribution is -2.07. The van der Waals surface area contributed by atoms with Crippen molar-refractivity contribution >= 4 is 16.6 Å². The van der Waals surface area contributed by atoms with Crippen molar-refractivity contribution in [2.45, 2.75) is 13.0 Å². The van der Waals surface area contributed by atoms with E-state index in [1.54, 1.807) is 0 Å². The first-order valence-electron chi connectivity index (χ1n) is 5.62. The average Bonchev–Trinajstić information content (AvgIpc) is 2.98. The van der Waals surface area contributed by atoms with Crippen LogP contribution >= 0.6 is 0 Å². The van der Waals surface area contributed by atoms with Gasteiger partial charge in [-0.15, -0.1) is 0 Å². The summed E-state index contributed by atoms with van der Waals surface area (Å²) in [6, 6.07) is 10.0. The molecule has 0 aliphatic rings. The van der Waals surface area contributed by atoms with Crippen LogP contribution in [0.4, 0.5) is 5.69 Å². The Morgan fingerprint density at radius 2 is 2.18 bits per heavy atom. The van der Waals surface area contributed by atoms with Crippen molar-refractivity contribution in [3.05, 3.63) is 48.4 Å². The standard InChI is InChI=1S/C13H14N4/c1-9(12-6-3-7-15-12)17-8-10-11(14)4-2-5-13(10)16-17/h2-9,15H,14H2,1H3.